The molecule has 1 heterocycles. The molecule has 1 fully saturated rings. The molecule has 0 spiro atoms. The first-order chi connectivity index (χ1) is 7.58. The van der Waals surface area contributed by atoms with E-state index in [-0.39, 0.29) is 11.7 Å². The number of aliphatic hydroxyl groups is 2. The van der Waals surface area contributed by atoms with Gasteiger partial charge in [-0.1, -0.05) is 21.5 Å². The van der Waals surface area contributed by atoms with E-state index < -0.39 is 12.2 Å². The number of rotatable bonds is 1. The molecule has 4 nitrogen and oxygen atoms in total. The molecule has 0 aliphatic carbocycles. The van der Waals surface area contributed by atoms with E-state index in [1.54, 1.807) is 24.3 Å². The second kappa shape index (κ2) is 4.68. The van der Waals surface area contributed by atoms with Gasteiger partial charge in [0.15, 0.2) is 0 Å². The van der Waals surface area contributed by atoms with Gasteiger partial charge >= 0.3 is 0 Å². The molecule has 1 aliphatic rings. The molecular weight excluding hydrogens is 225 g/mol. The number of aliphatic hydroxyl groups excluding tert-OH is 2. The molecule has 88 valence electrons. The lowest BCUT2D eigenvalue weighted by atomic mass is 9.85. The van der Waals surface area contributed by atoms with Crippen molar-refractivity contribution in [2.75, 3.05) is 13.1 Å². The van der Waals surface area contributed by atoms with Crippen LogP contribution in [0.4, 0.5) is 0 Å². The molecule has 2 rings (SSSR count). The average molecular weight is 241 g/mol. The van der Waals surface area contributed by atoms with Gasteiger partial charge in [0, 0.05) is 19.0 Å². The van der Waals surface area contributed by atoms with Crippen LogP contribution >= 0.6 is 9.39 Å². The molecular formula is C11H16NO3P. The Balaban J connectivity index is 2.22. The summed E-state index contributed by atoms with van der Waals surface area (Å²) in [5, 5.41) is 29.1. The number of phenols is 1. The highest BCUT2D eigenvalue weighted by Gasteiger charge is 2.34. The zero-order valence-electron chi connectivity index (χ0n) is 8.82. The SMILES string of the molecule is Oc1ccc(C2C(O)CN(P)CC2O)cc1. The second-order valence-electron chi connectivity index (χ2n) is 4.21. The van der Waals surface area contributed by atoms with Crippen molar-refractivity contribution < 1.29 is 15.3 Å². The molecule has 0 radical (unpaired) electrons. The number of hydrogen-bond donors (Lipinski definition) is 3. The first-order valence-corrected chi connectivity index (χ1v) is 5.74. The lowest BCUT2D eigenvalue weighted by Gasteiger charge is -2.37. The molecule has 1 saturated heterocycles. The Labute approximate surface area is 96.8 Å². The lowest BCUT2D eigenvalue weighted by molar-refractivity contribution is 0.0000126. The Bertz CT molecular complexity index is 345. The molecule has 3 unspecified atom stereocenters. The van der Waals surface area contributed by atoms with Crippen molar-refractivity contribution in [3.05, 3.63) is 29.8 Å². The van der Waals surface area contributed by atoms with Gasteiger partial charge in [0.05, 0.1) is 12.2 Å². The number of β-amino-alcohol motifs (C(OH)–C–C–N with tert-alkyl or cyclic N) is 2. The first-order valence-electron chi connectivity index (χ1n) is 5.22. The van der Waals surface area contributed by atoms with Crippen LogP contribution in [0.1, 0.15) is 11.5 Å². The summed E-state index contributed by atoms with van der Waals surface area (Å²) in [5.41, 5.74) is 0.857. The lowest BCUT2D eigenvalue weighted by Crippen LogP contribution is -2.47. The van der Waals surface area contributed by atoms with Crippen molar-refractivity contribution in [3.8, 4) is 5.75 Å². The van der Waals surface area contributed by atoms with E-state index in [1.807, 2.05) is 4.67 Å². The molecule has 5 heteroatoms. The summed E-state index contributed by atoms with van der Waals surface area (Å²) in [6, 6.07) is 6.62. The molecule has 0 aromatic heterocycles. The van der Waals surface area contributed by atoms with Crippen LogP contribution in [0.3, 0.4) is 0 Å². The summed E-state index contributed by atoms with van der Waals surface area (Å²) < 4.78 is 1.83. The fourth-order valence-electron chi connectivity index (χ4n) is 2.18. The number of hydrogen-bond acceptors (Lipinski definition) is 4. The van der Waals surface area contributed by atoms with Gasteiger partial charge < -0.3 is 15.3 Å². The van der Waals surface area contributed by atoms with Gasteiger partial charge in [-0.15, -0.1) is 0 Å². The minimum Gasteiger partial charge on any atom is -0.508 e. The minimum absolute atomic E-state index is 0.191. The average Bonchev–Trinajstić information content (AvgIpc) is 2.19. The fraction of sp³-hybridized carbons (Fsp3) is 0.455. The van der Waals surface area contributed by atoms with E-state index in [0.717, 1.165) is 5.56 Å². The minimum atomic E-state index is -0.592. The van der Waals surface area contributed by atoms with E-state index in [4.69, 9.17) is 0 Å². The predicted molar refractivity (Wildman–Crippen MR) is 64.1 cm³/mol. The molecule has 0 bridgehead atoms. The van der Waals surface area contributed by atoms with Gasteiger partial charge in [-0.3, -0.25) is 4.67 Å². The van der Waals surface area contributed by atoms with E-state index >= 15 is 0 Å². The normalized spacial score (nSPS) is 31.6. The van der Waals surface area contributed by atoms with Crippen LogP contribution in [0.15, 0.2) is 24.3 Å². The van der Waals surface area contributed by atoms with Gasteiger partial charge in [-0.05, 0) is 17.7 Å². The van der Waals surface area contributed by atoms with Crippen molar-refractivity contribution in [2.45, 2.75) is 18.1 Å². The van der Waals surface area contributed by atoms with Gasteiger partial charge in [-0.25, -0.2) is 0 Å². The largest absolute Gasteiger partial charge is 0.508 e. The van der Waals surface area contributed by atoms with Crippen molar-refractivity contribution in [1.82, 2.24) is 4.67 Å². The Morgan fingerprint density at radius 1 is 1.06 bits per heavy atom. The van der Waals surface area contributed by atoms with Crippen molar-refractivity contribution >= 4 is 9.39 Å². The molecule has 1 aromatic rings. The van der Waals surface area contributed by atoms with Crippen LogP contribution in [0.2, 0.25) is 0 Å². The molecule has 1 aromatic carbocycles. The summed E-state index contributed by atoms with van der Waals surface area (Å²) in [6.45, 7) is 1.04. The summed E-state index contributed by atoms with van der Waals surface area (Å²) in [4.78, 5) is 0. The quantitative estimate of drug-likeness (QED) is 0.619. The van der Waals surface area contributed by atoms with Gasteiger partial charge in [0.25, 0.3) is 0 Å². The van der Waals surface area contributed by atoms with Crippen LogP contribution in [-0.4, -0.2) is 45.3 Å². The monoisotopic (exact) mass is 241 g/mol. The van der Waals surface area contributed by atoms with E-state index in [9.17, 15) is 15.3 Å². The number of nitrogens with zero attached hydrogens (tertiary/aromatic N) is 1. The topological polar surface area (TPSA) is 63.9 Å². The highest BCUT2D eigenvalue weighted by molar-refractivity contribution is 7.13. The number of aromatic hydroxyl groups is 1. The zero-order valence-corrected chi connectivity index (χ0v) is 9.98. The van der Waals surface area contributed by atoms with Crippen LogP contribution < -0.4 is 0 Å². The van der Waals surface area contributed by atoms with Crippen molar-refractivity contribution in [3.63, 3.8) is 0 Å². The first kappa shape index (κ1) is 11.8. The molecule has 3 atom stereocenters. The van der Waals surface area contributed by atoms with Crippen molar-refractivity contribution in [1.29, 1.82) is 0 Å². The smallest absolute Gasteiger partial charge is 0.115 e. The highest BCUT2D eigenvalue weighted by atomic mass is 31.0. The Morgan fingerprint density at radius 3 is 2.06 bits per heavy atom. The standard InChI is InChI=1S/C11H16NO3P/c13-8-3-1-7(2-4-8)11-9(14)5-12(16)6-10(11)15/h1-4,9-11,13-15H,5-6,16H2. The predicted octanol–water partition coefficient (Wildman–Crippen LogP) is 0.303. The molecule has 16 heavy (non-hydrogen) atoms. The van der Waals surface area contributed by atoms with E-state index in [2.05, 4.69) is 9.39 Å². The summed E-state index contributed by atoms with van der Waals surface area (Å²) in [6.07, 6.45) is -1.18. The van der Waals surface area contributed by atoms with Crippen LogP contribution in [-0.2, 0) is 0 Å². The van der Waals surface area contributed by atoms with E-state index in [0.29, 0.717) is 13.1 Å². The Morgan fingerprint density at radius 2 is 1.56 bits per heavy atom. The van der Waals surface area contributed by atoms with Crippen LogP contribution in [0.5, 0.6) is 5.75 Å². The Hall–Kier alpha value is -0.670. The maximum atomic E-state index is 9.96. The second-order valence-corrected chi connectivity index (χ2v) is 4.94. The summed E-state index contributed by atoms with van der Waals surface area (Å²) >= 11 is 0. The van der Waals surface area contributed by atoms with Crippen molar-refractivity contribution in [2.24, 2.45) is 0 Å². The van der Waals surface area contributed by atoms with Gasteiger partial charge in [0.1, 0.15) is 5.75 Å². The fourth-order valence-corrected chi connectivity index (χ4v) is 2.61. The summed E-state index contributed by atoms with van der Waals surface area (Å²) in [7, 11) is 2.49. The number of piperidine rings is 1. The highest BCUT2D eigenvalue weighted by Crippen LogP contribution is 2.30. The third-order valence-electron chi connectivity index (χ3n) is 2.95. The molecule has 1 aliphatic heterocycles. The Kier molecular flexibility index (Phi) is 3.45. The van der Waals surface area contributed by atoms with Gasteiger partial charge in [0.2, 0.25) is 0 Å². The molecule has 0 saturated carbocycles. The van der Waals surface area contributed by atoms with Gasteiger partial charge in [-0.2, -0.15) is 0 Å². The van der Waals surface area contributed by atoms with Crippen LogP contribution in [0.25, 0.3) is 0 Å². The maximum absolute atomic E-state index is 9.96. The number of phenolic OH excluding ortho intramolecular Hbond substituents is 1. The van der Waals surface area contributed by atoms with Crippen LogP contribution in [0, 0.1) is 0 Å². The molecule has 3 N–H and O–H groups in total. The maximum Gasteiger partial charge on any atom is 0.115 e. The zero-order chi connectivity index (χ0) is 11.7. The third kappa shape index (κ3) is 2.36. The summed E-state index contributed by atoms with van der Waals surface area (Å²) in [5.74, 6) is -0.0892. The van der Waals surface area contributed by atoms with E-state index in [1.165, 1.54) is 0 Å². The number of benzene rings is 1. The molecule has 0 amide bonds. The third-order valence-corrected chi connectivity index (χ3v) is 3.37.